The van der Waals surface area contributed by atoms with Gasteiger partial charge in [0.1, 0.15) is 0 Å². The highest BCUT2D eigenvalue weighted by atomic mass is 14.7. The molecule has 1 fully saturated rings. The Bertz CT molecular complexity index is 87.8. The molecule has 0 bridgehead atoms. The van der Waals surface area contributed by atoms with E-state index >= 15 is 0 Å². The lowest BCUT2D eigenvalue weighted by Gasteiger charge is -2.34. The van der Waals surface area contributed by atoms with Crippen LogP contribution in [0.25, 0.3) is 0 Å². The molecule has 4 atom stereocenters. The minimum Gasteiger partial charge on any atom is -0.327 e. The van der Waals surface area contributed by atoms with Crippen LogP contribution in [-0.2, 0) is 0 Å². The summed E-state index contributed by atoms with van der Waals surface area (Å²) in [6, 6.07) is 0.768. The van der Waals surface area contributed by atoms with Crippen molar-refractivity contribution in [2.24, 2.45) is 23.3 Å². The second-order valence-electron chi connectivity index (χ2n) is 3.75. The lowest BCUT2D eigenvalue weighted by molar-refractivity contribution is 0.232. The number of rotatable bonds is 0. The normalized spacial score (nSPS) is 49.2. The lowest BCUT2D eigenvalue weighted by Crippen LogP contribution is -2.44. The number of hydrogen-bond acceptors (Lipinski definition) is 2. The van der Waals surface area contributed by atoms with Crippen LogP contribution in [0.4, 0.5) is 0 Å². The number of hydrogen-bond donors (Lipinski definition) is 2. The summed E-state index contributed by atoms with van der Waals surface area (Å²) in [4.78, 5) is 0. The van der Waals surface area contributed by atoms with Gasteiger partial charge in [0, 0.05) is 12.1 Å². The molecule has 1 rings (SSSR count). The lowest BCUT2D eigenvalue weighted by atomic mass is 9.77. The number of nitrogens with two attached hydrogens (primary N) is 2. The van der Waals surface area contributed by atoms with E-state index < -0.39 is 0 Å². The van der Waals surface area contributed by atoms with Crippen molar-refractivity contribution < 1.29 is 0 Å². The van der Waals surface area contributed by atoms with Gasteiger partial charge in [0.15, 0.2) is 0 Å². The minimum absolute atomic E-state index is 0.384. The molecule has 0 heterocycles. The van der Waals surface area contributed by atoms with Crippen molar-refractivity contribution in [1.29, 1.82) is 0 Å². The molecule has 2 heteroatoms. The van der Waals surface area contributed by atoms with Crippen LogP contribution < -0.4 is 11.5 Å². The largest absolute Gasteiger partial charge is 0.327 e. The van der Waals surface area contributed by atoms with Gasteiger partial charge in [-0.1, -0.05) is 13.8 Å². The molecule has 4 N–H and O–H groups in total. The Morgan fingerprint density at radius 1 is 0.900 bits per heavy atom. The summed E-state index contributed by atoms with van der Waals surface area (Å²) >= 11 is 0. The Balaban J connectivity index is 2.46. The third-order valence-electron chi connectivity index (χ3n) is 2.75. The molecule has 0 saturated heterocycles. The van der Waals surface area contributed by atoms with Crippen LogP contribution in [0, 0.1) is 11.8 Å². The fourth-order valence-corrected chi connectivity index (χ4v) is 1.67. The molecule has 0 aromatic rings. The van der Waals surface area contributed by atoms with Gasteiger partial charge < -0.3 is 11.5 Å². The van der Waals surface area contributed by atoms with E-state index in [2.05, 4.69) is 13.8 Å². The maximum Gasteiger partial charge on any atom is 0.00682 e. The van der Waals surface area contributed by atoms with Crippen LogP contribution in [0.2, 0.25) is 0 Å². The Hall–Kier alpha value is -0.0800. The maximum atomic E-state index is 5.88. The molecule has 2 nitrogen and oxygen atoms in total. The Kier molecular flexibility index (Phi) is 2.32. The molecule has 1 aliphatic carbocycles. The van der Waals surface area contributed by atoms with Crippen LogP contribution in [0.15, 0.2) is 0 Å². The van der Waals surface area contributed by atoms with Gasteiger partial charge >= 0.3 is 0 Å². The summed E-state index contributed by atoms with van der Waals surface area (Å²) in [7, 11) is 0. The average Bonchev–Trinajstić information content (AvgIpc) is 1.84. The van der Waals surface area contributed by atoms with E-state index in [1.54, 1.807) is 0 Å². The van der Waals surface area contributed by atoms with E-state index in [0.29, 0.717) is 23.9 Å². The summed E-state index contributed by atoms with van der Waals surface area (Å²) in [5.74, 6) is 1.23. The fourth-order valence-electron chi connectivity index (χ4n) is 1.67. The third-order valence-corrected chi connectivity index (χ3v) is 2.75. The zero-order chi connectivity index (χ0) is 7.72. The highest BCUT2D eigenvalue weighted by Gasteiger charge is 2.27. The monoisotopic (exact) mass is 142 g/mol. The van der Waals surface area contributed by atoms with Crippen molar-refractivity contribution in [1.82, 2.24) is 0 Å². The minimum atomic E-state index is 0.384. The van der Waals surface area contributed by atoms with E-state index in [-0.39, 0.29) is 0 Å². The molecule has 60 valence electrons. The van der Waals surface area contributed by atoms with E-state index in [1.165, 1.54) is 0 Å². The first-order valence-corrected chi connectivity index (χ1v) is 4.12. The molecule has 1 saturated carbocycles. The van der Waals surface area contributed by atoms with Gasteiger partial charge in [-0.25, -0.2) is 0 Å². The summed E-state index contributed by atoms with van der Waals surface area (Å²) in [6.07, 6.45) is 2.20. The third kappa shape index (κ3) is 1.50. The SMILES string of the molecule is C[C@H]1C[C@@H](N)[C@@H](C)C[C@H]1N. The van der Waals surface area contributed by atoms with Crippen LogP contribution in [-0.4, -0.2) is 12.1 Å². The second kappa shape index (κ2) is 2.89. The fraction of sp³-hybridized carbons (Fsp3) is 1.00. The summed E-state index contributed by atoms with van der Waals surface area (Å²) in [5.41, 5.74) is 11.8. The van der Waals surface area contributed by atoms with Crippen molar-refractivity contribution in [3.05, 3.63) is 0 Å². The van der Waals surface area contributed by atoms with Gasteiger partial charge in [0.25, 0.3) is 0 Å². The summed E-state index contributed by atoms with van der Waals surface area (Å²) < 4.78 is 0. The van der Waals surface area contributed by atoms with E-state index in [4.69, 9.17) is 11.5 Å². The average molecular weight is 142 g/mol. The molecule has 0 aromatic carbocycles. The second-order valence-corrected chi connectivity index (χ2v) is 3.75. The first-order valence-electron chi connectivity index (χ1n) is 4.12. The molecule has 1 aliphatic rings. The van der Waals surface area contributed by atoms with Crippen LogP contribution >= 0.6 is 0 Å². The summed E-state index contributed by atoms with van der Waals surface area (Å²) in [5, 5.41) is 0. The van der Waals surface area contributed by atoms with Crippen molar-refractivity contribution >= 4 is 0 Å². The first-order chi connectivity index (χ1) is 4.61. The van der Waals surface area contributed by atoms with Crippen molar-refractivity contribution in [2.75, 3.05) is 0 Å². The summed E-state index contributed by atoms with van der Waals surface area (Å²) in [6.45, 7) is 4.38. The molecule has 0 spiro atoms. The van der Waals surface area contributed by atoms with Gasteiger partial charge in [0.05, 0.1) is 0 Å². The van der Waals surface area contributed by atoms with Gasteiger partial charge in [0.2, 0.25) is 0 Å². The van der Waals surface area contributed by atoms with E-state index in [9.17, 15) is 0 Å². The predicted octanol–water partition coefficient (Wildman–Crippen LogP) is 0.707. The first kappa shape index (κ1) is 8.02. The van der Waals surface area contributed by atoms with E-state index in [1.807, 2.05) is 0 Å². The molecule has 0 aromatic heterocycles. The van der Waals surface area contributed by atoms with E-state index in [0.717, 1.165) is 12.8 Å². The molecular weight excluding hydrogens is 124 g/mol. The van der Waals surface area contributed by atoms with Gasteiger partial charge in [-0.2, -0.15) is 0 Å². The Morgan fingerprint density at radius 3 is 1.50 bits per heavy atom. The predicted molar refractivity (Wildman–Crippen MR) is 43.5 cm³/mol. The Labute approximate surface area is 63.0 Å². The van der Waals surface area contributed by atoms with Crippen molar-refractivity contribution in [2.45, 2.75) is 38.8 Å². The van der Waals surface area contributed by atoms with Crippen molar-refractivity contribution in [3.63, 3.8) is 0 Å². The molecule has 0 amide bonds. The van der Waals surface area contributed by atoms with Crippen LogP contribution in [0.1, 0.15) is 26.7 Å². The molecular formula is C8H18N2. The zero-order valence-electron chi connectivity index (χ0n) is 6.88. The zero-order valence-corrected chi connectivity index (χ0v) is 6.88. The standard InChI is InChI=1S/C8H18N2/c1-5-3-8(10)6(2)4-7(5)9/h5-8H,3-4,9-10H2,1-2H3/t5-,6-,7+,8+/m0/s1. The van der Waals surface area contributed by atoms with Crippen LogP contribution in [0.3, 0.4) is 0 Å². The topological polar surface area (TPSA) is 52.0 Å². The van der Waals surface area contributed by atoms with Gasteiger partial charge in [-0.05, 0) is 24.7 Å². The molecule has 0 aliphatic heterocycles. The highest BCUT2D eigenvalue weighted by Crippen LogP contribution is 2.25. The molecule has 0 unspecified atom stereocenters. The maximum absolute atomic E-state index is 5.88. The molecule has 0 radical (unpaired) electrons. The Morgan fingerprint density at radius 2 is 1.20 bits per heavy atom. The van der Waals surface area contributed by atoms with Crippen LogP contribution in [0.5, 0.6) is 0 Å². The quantitative estimate of drug-likeness (QED) is 0.523. The van der Waals surface area contributed by atoms with Gasteiger partial charge in [-0.3, -0.25) is 0 Å². The smallest absolute Gasteiger partial charge is 0.00682 e. The van der Waals surface area contributed by atoms with Crippen molar-refractivity contribution in [3.8, 4) is 0 Å². The molecule has 10 heavy (non-hydrogen) atoms. The van der Waals surface area contributed by atoms with Gasteiger partial charge in [-0.15, -0.1) is 0 Å². The highest BCUT2D eigenvalue weighted by molar-refractivity contribution is 4.85.